The highest BCUT2D eigenvalue weighted by Gasteiger charge is 2.34. The van der Waals surface area contributed by atoms with E-state index >= 15 is 0 Å². The van der Waals surface area contributed by atoms with Crippen LogP contribution in [0.25, 0.3) is 0 Å². The minimum absolute atomic E-state index is 0.0299. The Morgan fingerprint density at radius 1 is 1.31 bits per heavy atom. The van der Waals surface area contributed by atoms with Gasteiger partial charge in [0.05, 0.1) is 5.69 Å². The van der Waals surface area contributed by atoms with E-state index in [9.17, 15) is 0 Å². The van der Waals surface area contributed by atoms with Gasteiger partial charge in [-0.25, -0.2) is 4.98 Å². The molecule has 2 rings (SSSR count). The van der Waals surface area contributed by atoms with Crippen LogP contribution in [0, 0.1) is 0 Å². The van der Waals surface area contributed by atoms with Gasteiger partial charge >= 0.3 is 0 Å². The summed E-state index contributed by atoms with van der Waals surface area (Å²) < 4.78 is 2.24. The first-order chi connectivity index (χ1) is 7.32. The van der Waals surface area contributed by atoms with Crippen molar-refractivity contribution in [2.45, 2.75) is 64.8 Å². The zero-order valence-corrected chi connectivity index (χ0v) is 11.0. The van der Waals surface area contributed by atoms with Gasteiger partial charge in [0, 0.05) is 11.5 Å². The first kappa shape index (κ1) is 11.5. The molecule has 0 amide bonds. The first-order valence-corrected chi connectivity index (χ1v) is 6.21. The number of hydrogen-bond donors (Lipinski definition) is 1. The number of nitrogen functional groups attached to an aromatic ring is 1. The van der Waals surface area contributed by atoms with Crippen molar-refractivity contribution in [3.05, 3.63) is 11.5 Å². The molecule has 1 saturated carbocycles. The average Bonchev–Trinajstić information content (AvgIpc) is 2.87. The van der Waals surface area contributed by atoms with Crippen LogP contribution >= 0.6 is 0 Å². The van der Waals surface area contributed by atoms with Gasteiger partial charge in [0.2, 0.25) is 0 Å². The smallest absolute Gasteiger partial charge is 0.127 e. The molecule has 1 aromatic heterocycles. The van der Waals surface area contributed by atoms with Gasteiger partial charge in [-0.2, -0.15) is 0 Å². The fourth-order valence-electron chi connectivity index (χ4n) is 2.21. The molecule has 0 spiro atoms. The Bertz CT molecular complexity index is 392. The van der Waals surface area contributed by atoms with Gasteiger partial charge in [-0.3, -0.25) is 0 Å². The fraction of sp³-hybridized carbons (Fsp3) is 0.769. The Morgan fingerprint density at radius 3 is 2.25 bits per heavy atom. The van der Waals surface area contributed by atoms with Gasteiger partial charge in [-0.15, -0.1) is 0 Å². The van der Waals surface area contributed by atoms with Gasteiger partial charge in [0.15, 0.2) is 0 Å². The third kappa shape index (κ3) is 1.83. The van der Waals surface area contributed by atoms with Crippen LogP contribution in [0.5, 0.6) is 0 Å². The lowest BCUT2D eigenvalue weighted by atomic mass is 10.1. The third-order valence-electron chi connectivity index (χ3n) is 3.13. The third-order valence-corrected chi connectivity index (χ3v) is 3.13. The van der Waals surface area contributed by atoms with Crippen molar-refractivity contribution in [1.29, 1.82) is 0 Å². The van der Waals surface area contributed by atoms with Crippen molar-refractivity contribution >= 4 is 5.82 Å². The molecule has 1 aromatic rings. The Kier molecular flexibility index (Phi) is 2.52. The van der Waals surface area contributed by atoms with Crippen LogP contribution in [-0.2, 0) is 5.54 Å². The Balaban J connectivity index is 2.55. The molecule has 0 atom stereocenters. The predicted octanol–water partition coefficient (Wildman–Crippen LogP) is 3.22. The molecule has 1 aliphatic carbocycles. The van der Waals surface area contributed by atoms with E-state index in [1.807, 2.05) is 0 Å². The van der Waals surface area contributed by atoms with Crippen molar-refractivity contribution in [3.8, 4) is 0 Å². The van der Waals surface area contributed by atoms with Crippen LogP contribution in [0.4, 0.5) is 5.82 Å². The molecule has 0 bridgehead atoms. The van der Waals surface area contributed by atoms with E-state index in [-0.39, 0.29) is 5.54 Å². The molecule has 0 aromatic carbocycles. The SMILES string of the molecule is CC(C)c1nc(C2CC2)n(C(C)(C)C)c1N. The molecular formula is C13H23N3. The quantitative estimate of drug-likeness (QED) is 0.833. The van der Waals surface area contributed by atoms with Gasteiger partial charge in [0.25, 0.3) is 0 Å². The van der Waals surface area contributed by atoms with Crippen molar-refractivity contribution in [1.82, 2.24) is 9.55 Å². The zero-order chi connectivity index (χ0) is 12.1. The fourth-order valence-corrected chi connectivity index (χ4v) is 2.21. The number of nitrogens with two attached hydrogens (primary N) is 1. The molecule has 0 saturated heterocycles. The normalized spacial score (nSPS) is 17.1. The summed E-state index contributed by atoms with van der Waals surface area (Å²) in [7, 11) is 0. The maximum absolute atomic E-state index is 6.26. The van der Waals surface area contributed by atoms with E-state index in [0.717, 1.165) is 11.5 Å². The van der Waals surface area contributed by atoms with E-state index in [1.54, 1.807) is 0 Å². The Hall–Kier alpha value is -0.990. The molecule has 16 heavy (non-hydrogen) atoms. The summed E-state index contributed by atoms with van der Waals surface area (Å²) in [6.07, 6.45) is 2.54. The summed E-state index contributed by atoms with van der Waals surface area (Å²) in [5, 5.41) is 0. The summed E-state index contributed by atoms with van der Waals surface area (Å²) in [6, 6.07) is 0. The van der Waals surface area contributed by atoms with Crippen LogP contribution in [-0.4, -0.2) is 9.55 Å². The standard InChI is InChI=1S/C13H23N3/c1-8(2)10-11(14)16(13(3,4)5)12(15-10)9-6-7-9/h8-9H,6-7,14H2,1-5H3. The van der Waals surface area contributed by atoms with Crippen LogP contribution in [0.1, 0.15) is 70.8 Å². The molecule has 0 radical (unpaired) electrons. The summed E-state index contributed by atoms with van der Waals surface area (Å²) in [4.78, 5) is 4.78. The van der Waals surface area contributed by atoms with E-state index in [0.29, 0.717) is 11.8 Å². The zero-order valence-electron chi connectivity index (χ0n) is 11.0. The van der Waals surface area contributed by atoms with Gasteiger partial charge < -0.3 is 10.3 Å². The summed E-state index contributed by atoms with van der Waals surface area (Å²) >= 11 is 0. The second-order valence-corrected chi connectivity index (χ2v) is 6.18. The molecule has 1 heterocycles. The number of aromatic nitrogens is 2. The summed E-state index contributed by atoms with van der Waals surface area (Å²) in [5.41, 5.74) is 7.35. The summed E-state index contributed by atoms with van der Waals surface area (Å²) in [6.45, 7) is 10.9. The first-order valence-electron chi connectivity index (χ1n) is 6.21. The monoisotopic (exact) mass is 221 g/mol. The maximum atomic E-state index is 6.26. The minimum atomic E-state index is 0.0299. The molecule has 2 N–H and O–H groups in total. The number of nitrogens with zero attached hydrogens (tertiary/aromatic N) is 2. The highest BCUT2D eigenvalue weighted by Crippen LogP contribution is 2.43. The molecule has 0 unspecified atom stereocenters. The Morgan fingerprint density at radius 2 is 1.88 bits per heavy atom. The Labute approximate surface area is 98.1 Å². The summed E-state index contributed by atoms with van der Waals surface area (Å²) in [5.74, 6) is 3.12. The predicted molar refractivity (Wildman–Crippen MR) is 67.7 cm³/mol. The van der Waals surface area contributed by atoms with Crippen LogP contribution in [0.15, 0.2) is 0 Å². The van der Waals surface area contributed by atoms with Gasteiger partial charge in [-0.1, -0.05) is 13.8 Å². The van der Waals surface area contributed by atoms with E-state index in [4.69, 9.17) is 10.7 Å². The second kappa shape index (κ2) is 3.51. The van der Waals surface area contributed by atoms with Crippen molar-refractivity contribution < 1.29 is 0 Å². The van der Waals surface area contributed by atoms with E-state index < -0.39 is 0 Å². The number of hydrogen-bond acceptors (Lipinski definition) is 2. The lowest BCUT2D eigenvalue weighted by Crippen LogP contribution is -2.25. The van der Waals surface area contributed by atoms with E-state index in [1.165, 1.54) is 18.7 Å². The van der Waals surface area contributed by atoms with Crippen LogP contribution in [0.2, 0.25) is 0 Å². The number of anilines is 1. The lowest BCUT2D eigenvalue weighted by Gasteiger charge is -2.25. The largest absolute Gasteiger partial charge is 0.384 e. The van der Waals surface area contributed by atoms with Crippen LogP contribution < -0.4 is 5.73 Å². The molecule has 3 heteroatoms. The average molecular weight is 221 g/mol. The van der Waals surface area contributed by atoms with Crippen molar-refractivity contribution in [3.63, 3.8) is 0 Å². The van der Waals surface area contributed by atoms with Crippen LogP contribution in [0.3, 0.4) is 0 Å². The van der Waals surface area contributed by atoms with Gasteiger partial charge in [-0.05, 0) is 39.5 Å². The number of imidazole rings is 1. The minimum Gasteiger partial charge on any atom is -0.384 e. The molecule has 1 aliphatic rings. The topological polar surface area (TPSA) is 43.8 Å². The second-order valence-electron chi connectivity index (χ2n) is 6.18. The lowest BCUT2D eigenvalue weighted by molar-refractivity contribution is 0.388. The maximum Gasteiger partial charge on any atom is 0.127 e. The van der Waals surface area contributed by atoms with Crippen molar-refractivity contribution in [2.24, 2.45) is 0 Å². The molecule has 90 valence electrons. The molecule has 0 aliphatic heterocycles. The molecule has 3 nitrogen and oxygen atoms in total. The van der Waals surface area contributed by atoms with Gasteiger partial charge in [0.1, 0.15) is 11.6 Å². The number of rotatable bonds is 2. The van der Waals surface area contributed by atoms with Crippen molar-refractivity contribution in [2.75, 3.05) is 5.73 Å². The molecular weight excluding hydrogens is 198 g/mol. The molecule has 1 fully saturated rings. The van der Waals surface area contributed by atoms with E-state index in [2.05, 4.69) is 39.2 Å². The highest BCUT2D eigenvalue weighted by atomic mass is 15.2. The highest BCUT2D eigenvalue weighted by molar-refractivity contribution is 5.42.